The second-order valence-electron chi connectivity index (χ2n) is 9.96. The van der Waals surface area contributed by atoms with Crippen molar-refractivity contribution in [1.29, 1.82) is 0 Å². The third kappa shape index (κ3) is 4.29. The van der Waals surface area contributed by atoms with Gasteiger partial charge in [-0.25, -0.2) is 9.80 Å². The molecular formula is C34H20N2O8. The van der Waals surface area contributed by atoms with Crippen LogP contribution < -0.4 is 19.3 Å². The van der Waals surface area contributed by atoms with E-state index in [1.807, 2.05) is 0 Å². The van der Waals surface area contributed by atoms with Crippen LogP contribution in [0.3, 0.4) is 0 Å². The summed E-state index contributed by atoms with van der Waals surface area (Å²) in [7, 11) is 0. The SMILES string of the molecule is O=C1c2ccc(Oc3ccc(Oc4ccc5c(c4)C(=O)N(c4ccccc4O)C5=O)cc3)cc2C(=O)N1c1ccccc1O. The van der Waals surface area contributed by atoms with E-state index >= 15 is 0 Å². The number of anilines is 2. The molecule has 0 aromatic heterocycles. The van der Waals surface area contributed by atoms with Gasteiger partial charge in [-0.3, -0.25) is 19.2 Å². The lowest BCUT2D eigenvalue weighted by Gasteiger charge is -2.14. The lowest BCUT2D eigenvalue weighted by molar-refractivity contribution is 0.0909. The Labute approximate surface area is 249 Å². The molecule has 0 radical (unpaired) electrons. The van der Waals surface area contributed by atoms with Gasteiger partial charge in [0, 0.05) is 0 Å². The summed E-state index contributed by atoms with van der Waals surface area (Å²) >= 11 is 0. The van der Waals surface area contributed by atoms with E-state index in [-0.39, 0.29) is 45.1 Å². The Balaban J connectivity index is 1.06. The number of hydrogen-bond donors (Lipinski definition) is 2. The van der Waals surface area contributed by atoms with Gasteiger partial charge in [0.2, 0.25) is 0 Å². The number of amides is 4. The molecule has 2 aliphatic heterocycles. The minimum Gasteiger partial charge on any atom is -0.506 e. The van der Waals surface area contributed by atoms with Crippen LogP contribution in [0.1, 0.15) is 41.4 Å². The first-order valence-corrected chi connectivity index (χ1v) is 13.4. The second-order valence-corrected chi connectivity index (χ2v) is 9.96. The highest BCUT2D eigenvalue weighted by molar-refractivity contribution is 6.35. The molecule has 0 unspecified atom stereocenters. The number of nitrogens with zero attached hydrogens (tertiary/aromatic N) is 2. The number of phenolic OH excluding ortho intramolecular Hbond substituents is 2. The number of imide groups is 2. The van der Waals surface area contributed by atoms with Crippen molar-refractivity contribution >= 4 is 35.0 Å². The summed E-state index contributed by atoms with van der Waals surface area (Å²) in [6.45, 7) is 0. The molecule has 0 fully saturated rings. The average molecular weight is 585 g/mol. The Morgan fingerprint density at radius 3 is 1.14 bits per heavy atom. The molecule has 7 rings (SSSR count). The maximum Gasteiger partial charge on any atom is 0.266 e. The largest absolute Gasteiger partial charge is 0.506 e. The number of carbonyl (C=O) groups excluding carboxylic acids is 4. The summed E-state index contributed by atoms with van der Waals surface area (Å²) < 4.78 is 11.8. The molecule has 10 nitrogen and oxygen atoms in total. The lowest BCUT2D eigenvalue weighted by Crippen LogP contribution is -2.29. The molecule has 214 valence electrons. The molecule has 0 aliphatic carbocycles. The molecule has 10 heteroatoms. The summed E-state index contributed by atoms with van der Waals surface area (Å²) in [5.74, 6) is -1.07. The first kappa shape index (κ1) is 26.5. The number of benzene rings is 5. The van der Waals surface area contributed by atoms with E-state index in [0.717, 1.165) is 9.80 Å². The van der Waals surface area contributed by atoms with E-state index in [2.05, 4.69) is 0 Å². The van der Waals surface area contributed by atoms with Gasteiger partial charge in [0.15, 0.2) is 0 Å². The van der Waals surface area contributed by atoms with E-state index < -0.39 is 23.6 Å². The summed E-state index contributed by atoms with van der Waals surface area (Å²) in [5.41, 5.74) is 0.913. The van der Waals surface area contributed by atoms with Crippen molar-refractivity contribution in [2.75, 3.05) is 9.80 Å². The molecule has 0 spiro atoms. The third-order valence-corrected chi connectivity index (χ3v) is 7.26. The normalized spacial score (nSPS) is 13.7. The Hall–Kier alpha value is -6.42. The van der Waals surface area contributed by atoms with Gasteiger partial charge in [-0.05, 0) is 84.9 Å². The van der Waals surface area contributed by atoms with Crippen molar-refractivity contribution in [3.8, 4) is 34.5 Å². The minimum absolute atomic E-state index is 0.101. The molecule has 0 bridgehead atoms. The van der Waals surface area contributed by atoms with E-state index in [0.29, 0.717) is 23.0 Å². The highest BCUT2D eigenvalue weighted by Crippen LogP contribution is 2.38. The molecule has 4 amide bonds. The molecule has 0 saturated carbocycles. The van der Waals surface area contributed by atoms with Crippen LogP contribution in [0.25, 0.3) is 0 Å². The first-order valence-electron chi connectivity index (χ1n) is 13.4. The first-order chi connectivity index (χ1) is 21.3. The fourth-order valence-electron chi connectivity index (χ4n) is 5.16. The van der Waals surface area contributed by atoms with Gasteiger partial charge in [0.1, 0.15) is 34.5 Å². The number of para-hydroxylation sites is 4. The summed E-state index contributed by atoms with van der Waals surface area (Å²) in [6.07, 6.45) is 0. The number of phenols is 2. The molecule has 0 atom stereocenters. The van der Waals surface area contributed by atoms with E-state index in [1.165, 1.54) is 48.5 Å². The quantitative estimate of drug-likeness (QED) is 0.223. The zero-order valence-electron chi connectivity index (χ0n) is 22.6. The monoisotopic (exact) mass is 584 g/mol. The van der Waals surface area contributed by atoms with Crippen molar-refractivity contribution in [3.05, 3.63) is 131 Å². The summed E-state index contributed by atoms with van der Waals surface area (Å²) in [6, 6.07) is 27.9. The second kappa shape index (κ2) is 10.1. The lowest BCUT2D eigenvalue weighted by atomic mass is 10.1. The number of aromatic hydroxyl groups is 2. The standard InChI is InChI=1S/C34H20N2O8/c37-29-7-3-1-5-27(29)35-31(39)23-15-13-21(17-25(23)33(35)41)43-19-9-11-20(12-10-19)44-22-14-16-24-26(18-22)34(42)36(32(24)40)28-6-2-4-8-30(28)38/h1-18,37-38H. The predicted molar refractivity (Wildman–Crippen MR) is 158 cm³/mol. The number of rotatable bonds is 6. The molecule has 5 aromatic carbocycles. The van der Waals surface area contributed by atoms with Gasteiger partial charge in [0.05, 0.1) is 33.6 Å². The van der Waals surface area contributed by atoms with Crippen molar-refractivity contribution in [3.63, 3.8) is 0 Å². The molecule has 2 heterocycles. The van der Waals surface area contributed by atoms with E-state index in [4.69, 9.17) is 9.47 Å². The fourth-order valence-corrected chi connectivity index (χ4v) is 5.16. The van der Waals surface area contributed by atoms with Crippen LogP contribution in [0.5, 0.6) is 34.5 Å². The number of carbonyl (C=O) groups is 4. The van der Waals surface area contributed by atoms with E-state index in [1.54, 1.807) is 60.7 Å². The molecule has 44 heavy (non-hydrogen) atoms. The maximum absolute atomic E-state index is 13.1. The highest BCUT2D eigenvalue weighted by Gasteiger charge is 2.39. The van der Waals surface area contributed by atoms with Crippen LogP contribution in [0.2, 0.25) is 0 Å². The van der Waals surface area contributed by atoms with Crippen LogP contribution in [-0.2, 0) is 0 Å². The van der Waals surface area contributed by atoms with Gasteiger partial charge < -0.3 is 19.7 Å². The molecule has 5 aromatic rings. The molecular weight excluding hydrogens is 564 g/mol. The van der Waals surface area contributed by atoms with Crippen molar-refractivity contribution in [2.24, 2.45) is 0 Å². The molecule has 2 N–H and O–H groups in total. The van der Waals surface area contributed by atoms with Crippen molar-refractivity contribution in [2.45, 2.75) is 0 Å². The topological polar surface area (TPSA) is 134 Å². The number of fused-ring (bicyclic) bond motifs is 2. The van der Waals surface area contributed by atoms with E-state index in [9.17, 15) is 29.4 Å². The zero-order valence-corrected chi connectivity index (χ0v) is 22.6. The van der Waals surface area contributed by atoms with Gasteiger partial charge in [0.25, 0.3) is 23.6 Å². The average Bonchev–Trinajstić information content (AvgIpc) is 3.42. The zero-order chi connectivity index (χ0) is 30.5. The Morgan fingerprint density at radius 2 is 0.750 bits per heavy atom. The number of ether oxygens (including phenoxy) is 2. The Morgan fingerprint density at radius 1 is 0.409 bits per heavy atom. The highest BCUT2D eigenvalue weighted by atomic mass is 16.5. The van der Waals surface area contributed by atoms with Gasteiger partial charge in [-0.2, -0.15) is 0 Å². The van der Waals surface area contributed by atoms with Crippen LogP contribution in [0, 0.1) is 0 Å². The van der Waals surface area contributed by atoms with Crippen molar-refractivity contribution < 1.29 is 38.9 Å². The Kier molecular flexibility index (Phi) is 6.10. The van der Waals surface area contributed by atoms with Gasteiger partial charge >= 0.3 is 0 Å². The summed E-state index contributed by atoms with van der Waals surface area (Å²) in [5, 5.41) is 20.3. The van der Waals surface area contributed by atoms with Crippen LogP contribution in [0.15, 0.2) is 109 Å². The third-order valence-electron chi connectivity index (χ3n) is 7.26. The van der Waals surface area contributed by atoms with Crippen LogP contribution in [0.4, 0.5) is 11.4 Å². The predicted octanol–water partition coefficient (Wildman–Crippen LogP) is 6.28. The van der Waals surface area contributed by atoms with Crippen LogP contribution in [-0.4, -0.2) is 33.8 Å². The molecule has 0 saturated heterocycles. The smallest absolute Gasteiger partial charge is 0.266 e. The Bertz CT molecular complexity index is 1890. The number of hydrogen-bond acceptors (Lipinski definition) is 8. The molecule has 2 aliphatic rings. The van der Waals surface area contributed by atoms with Crippen LogP contribution >= 0.6 is 0 Å². The van der Waals surface area contributed by atoms with Crippen molar-refractivity contribution in [1.82, 2.24) is 0 Å². The summed E-state index contributed by atoms with van der Waals surface area (Å²) in [4.78, 5) is 53.8. The van der Waals surface area contributed by atoms with Gasteiger partial charge in [-0.15, -0.1) is 0 Å². The fraction of sp³-hybridized carbons (Fsp3) is 0. The minimum atomic E-state index is -0.570. The van der Waals surface area contributed by atoms with Gasteiger partial charge in [-0.1, -0.05) is 24.3 Å². The maximum atomic E-state index is 13.1.